The zero-order chi connectivity index (χ0) is 30.9. The van der Waals surface area contributed by atoms with Crippen LogP contribution in [0.5, 0.6) is 17.5 Å². The molecule has 2 aliphatic heterocycles. The van der Waals surface area contributed by atoms with Crippen LogP contribution in [0.3, 0.4) is 0 Å². The molecule has 10 heteroatoms. The molecule has 0 spiro atoms. The smallest absolute Gasteiger partial charge is 0.414 e. The lowest BCUT2D eigenvalue weighted by Gasteiger charge is -2.36. The normalized spacial score (nSPS) is 17.0. The molecular weight excluding hydrogens is 558 g/mol. The number of anilines is 1. The van der Waals surface area contributed by atoms with E-state index in [0.29, 0.717) is 26.2 Å². The van der Waals surface area contributed by atoms with Gasteiger partial charge in [0, 0.05) is 56.4 Å². The van der Waals surface area contributed by atoms with Crippen molar-refractivity contribution in [2.45, 2.75) is 59.2 Å². The number of fused-ring (bicyclic) bond motifs is 1. The van der Waals surface area contributed by atoms with Crippen LogP contribution in [0.1, 0.15) is 45.6 Å². The third-order valence-electron chi connectivity index (χ3n) is 7.99. The molecule has 1 fully saturated rings. The van der Waals surface area contributed by atoms with E-state index in [1.807, 2.05) is 12.1 Å². The molecule has 0 radical (unpaired) electrons. The zero-order valence-corrected chi connectivity index (χ0v) is 26.0. The van der Waals surface area contributed by atoms with Crippen molar-refractivity contribution >= 4 is 11.5 Å². The van der Waals surface area contributed by atoms with Gasteiger partial charge in [-0.15, -0.1) is 0 Å². The Morgan fingerprint density at radius 1 is 0.977 bits per heavy atom. The van der Waals surface area contributed by atoms with E-state index >= 15 is 0 Å². The predicted molar refractivity (Wildman–Crippen MR) is 172 cm³/mol. The van der Waals surface area contributed by atoms with E-state index in [0.717, 1.165) is 57.1 Å². The molecule has 1 aromatic heterocycles. The van der Waals surface area contributed by atoms with Crippen LogP contribution in [0.15, 0.2) is 78.0 Å². The maximum absolute atomic E-state index is 11.0. The van der Waals surface area contributed by atoms with Crippen molar-refractivity contribution in [3.8, 4) is 17.5 Å². The summed E-state index contributed by atoms with van der Waals surface area (Å²) in [7, 11) is 0. The Kier molecular flexibility index (Phi) is 10.6. The minimum Gasteiger partial charge on any atom is -0.490 e. The molecule has 3 aromatic rings. The van der Waals surface area contributed by atoms with Crippen LogP contribution in [0.4, 0.5) is 11.5 Å². The summed E-state index contributed by atoms with van der Waals surface area (Å²) >= 11 is 0. The highest BCUT2D eigenvalue weighted by Gasteiger charge is 2.28. The highest BCUT2D eigenvalue weighted by atomic mass is 16.6. The Labute approximate surface area is 259 Å². The predicted octanol–water partition coefficient (Wildman–Crippen LogP) is 6.42. The second-order valence-electron chi connectivity index (χ2n) is 11.8. The lowest BCUT2D eigenvalue weighted by Crippen LogP contribution is -2.45. The van der Waals surface area contributed by atoms with Gasteiger partial charge in [0.05, 0.1) is 0 Å². The lowest BCUT2D eigenvalue weighted by molar-refractivity contribution is -0.389. The molecular formula is C34H43N5O5. The summed E-state index contributed by atoms with van der Waals surface area (Å²) in [5.41, 5.74) is 5.21. The summed E-state index contributed by atoms with van der Waals surface area (Å²) < 4.78 is 19.4. The molecule has 2 aromatic carbocycles. The van der Waals surface area contributed by atoms with E-state index in [1.54, 1.807) is 4.57 Å². The van der Waals surface area contributed by atoms with Gasteiger partial charge in [-0.1, -0.05) is 29.4 Å². The number of piperazine rings is 1. The third-order valence-corrected chi connectivity index (χ3v) is 7.99. The number of aryl methyl sites for hydroxylation is 1. The first kappa shape index (κ1) is 31.1. The first-order valence-corrected chi connectivity index (χ1v) is 15.4. The zero-order valence-electron chi connectivity index (χ0n) is 26.0. The van der Waals surface area contributed by atoms with Crippen molar-refractivity contribution in [1.82, 2.24) is 14.5 Å². The van der Waals surface area contributed by atoms with Gasteiger partial charge in [-0.05, 0) is 86.6 Å². The molecule has 1 unspecified atom stereocenters. The van der Waals surface area contributed by atoms with Gasteiger partial charge < -0.3 is 29.2 Å². The Balaban J connectivity index is 1.00. The number of rotatable bonds is 13. The second kappa shape index (κ2) is 14.9. The Hall–Kier alpha value is -4.31. The van der Waals surface area contributed by atoms with Gasteiger partial charge in [0.15, 0.2) is 0 Å². The first-order valence-electron chi connectivity index (χ1n) is 15.4. The molecule has 0 amide bonds. The number of benzene rings is 2. The van der Waals surface area contributed by atoms with Crippen LogP contribution >= 0.6 is 0 Å². The van der Waals surface area contributed by atoms with Crippen molar-refractivity contribution in [1.29, 1.82) is 0 Å². The molecule has 234 valence electrons. The number of hydrogen-bond donors (Lipinski definition) is 0. The quantitative estimate of drug-likeness (QED) is 0.126. The molecule has 44 heavy (non-hydrogen) atoms. The van der Waals surface area contributed by atoms with Crippen LogP contribution in [0.2, 0.25) is 0 Å². The monoisotopic (exact) mass is 601 g/mol. The van der Waals surface area contributed by atoms with E-state index in [-0.39, 0.29) is 17.9 Å². The fourth-order valence-electron chi connectivity index (χ4n) is 5.36. The van der Waals surface area contributed by atoms with E-state index < -0.39 is 4.92 Å². The van der Waals surface area contributed by atoms with Crippen LogP contribution in [-0.4, -0.2) is 64.9 Å². The highest BCUT2D eigenvalue weighted by molar-refractivity contribution is 5.49. The van der Waals surface area contributed by atoms with Gasteiger partial charge in [-0.3, -0.25) is 9.47 Å². The average Bonchev–Trinajstić information content (AvgIpc) is 3.46. The Morgan fingerprint density at radius 2 is 1.68 bits per heavy atom. The molecule has 5 rings (SSSR count). The summed E-state index contributed by atoms with van der Waals surface area (Å²) in [4.78, 5) is 19.3. The van der Waals surface area contributed by atoms with Gasteiger partial charge in [0.25, 0.3) is 0 Å². The van der Waals surface area contributed by atoms with Gasteiger partial charge in [0.2, 0.25) is 0 Å². The average molecular weight is 602 g/mol. The molecule has 0 bridgehead atoms. The highest BCUT2D eigenvalue weighted by Crippen LogP contribution is 2.26. The summed E-state index contributed by atoms with van der Waals surface area (Å²) in [6, 6.07) is 16.9. The largest absolute Gasteiger partial charge is 0.490 e. The Bertz CT molecular complexity index is 1440. The molecule has 10 nitrogen and oxygen atoms in total. The van der Waals surface area contributed by atoms with Crippen molar-refractivity contribution in [2.24, 2.45) is 0 Å². The fourth-order valence-corrected chi connectivity index (χ4v) is 5.36. The minimum absolute atomic E-state index is 0.196. The molecule has 2 aliphatic rings. The van der Waals surface area contributed by atoms with E-state index in [2.05, 4.69) is 84.1 Å². The van der Waals surface area contributed by atoms with E-state index in [9.17, 15) is 10.1 Å². The van der Waals surface area contributed by atoms with Crippen LogP contribution in [0.25, 0.3) is 0 Å². The molecule has 0 aliphatic carbocycles. The van der Waals surface area contributed by atoms with E-state index in [1.165, 1.54) is 28.6 Å². The number of aromatic nitrogens is 2. The number of nitro groups is 1. The molecule has 0 N–H and O–H groups in total. The standard InChI is InChI=1S/C34H43N5O5/c1-26(2)5-4-6-27(3)16-22-42-30-11-7-28(8-12-30)23-36-18-20-37(21-19-36)29-9-13-31(14-10-29)43-25-32-15-17-38-24-33(39(40)41)35-34(38)44-32/h5,7-14,16,24,32H,4,6,15,17-23,25H2,1-3H3. The number of ether oxygens (including phenoxy) is 3. The molecule has 0 saturated carbocycles. The SMILES string of the molecule is CC(C)=CCCC(C)=CCOc1ccc(CN2CCN(c3ccc(OCC4CCn5cc([N+](=O)[O-])nc5O4)cc3)CC2)cc1. The van der Waals surface area contributed by atoms with Crippen LogP contribution in [-0.2, 0) is 13.1 Å². The van der Waals surface area contributed by atoms with Gasteiger partial charge in [-0.25, -0.2) is 0 Å². The van der Waals surface area contributed by atoms with Gasteiger partial charge in [0.1, 0.15) is 37.0 Å². The number of nitrogens with zero attached hydrogens (tertiary/aromatic N) is 5. The molecule has 1 atom stereocenters. The summed E-state index contributed by atoms with van der Waals surface area (Å²) in [5.74, 6) is 1.48. The molecule has 3 heterocycles. The number of hydrogen-bond acceptors (Lipinski definition) is 8. The molecule has 1 saturated heterocycles. The van der Waals surface area contributed by atoms with Crippen molar-refractivity contribution in [3.05, 3.63) is 93.7 Å². The van der Waals surface area contributed by atoms with Crippen LogP contribution < -0.4 is 19.1 Å². The maximum atomic E-state index is 11.0. The minimum atomic E-state index is -0.508. The fraction of sp³-hybridized carbons (Fsp3) is 0.441. The second-order valence-corrected chi connectivity index (χ2v) is 11.8. The Morgan fingerprint density at radius 3 is 2.39 bits per heavy atom. The van der Waals surface area contributed by atoms with Crippen molar-refractivity contribution < 1.29 is 19.1 Å². The maximum Gasteiger partial charge on any atom is 0.414 e. The topological polar surface area (TPSA) is 95.1 Å². The number of imidazole rings is 1. The number of allylic oxidation sites excluding steroid dienone is 3. The van der Waals surface area contributed by atoms with Gasteiger partial charge in [-0.2, -0.15) is 0 Å². The van der Waals surface area contributed by atoms with Crippen LogP contribution in [0, 0.1) is 10.1 Å². The van der Waals surface area contributed by atoms with E-state index in [4.69, 9.17) is 14.2 Å². The van der Waals surface area contributed by atoms with Crippen molar-refractivity contribution in [3.63, 3.8) is 0 Å². The first-order chi connectivity index (χ1) is 21.3. The third kappa shape index (κ3) is 8.86. The van der Waals surface area contributed by atoms with Gasteiger partial charge >= 0.3 is 11.8 Å². The summed E-state index contributed by atoms with van der Waals surface area (Å²) in [6.07, 6.45) is 8.52. The summed E-state index contributed by atoms with van der Waals surface area (Å²) in [6.45, 7) is 12.9. The van der Waals surface area contributed by atoms with Crippen molar-refractivity contribution in [2.75, 3.05) is 44.3 Å². The lowest BCUT2D eigenvalue weighted by atomic mass is 10.1. The summed E-state index contributed by atoms with van der Waals surface area (Å²) in [5, 5.41) is 11.0.